The number of hydrogen-bond acceptors (Lipinski definition) is 6. The van der Waals surface area contributed by atoms with Crippen LogP contribution in [-0.4, -0.2) is 31.5 Å². The summed E-state index contributed by atoms with van der Waals surface area (Å²) in [6, 6.07) is 20.5. The van der Waals surface area contributed by atoms with E-state index in [4.69, 9.17) is 4.74 Å². The van der Waals surface area contributed by atoms with Gasteiger partial charge in [-0.15, -0.1) is 10.2 Å². The molecule has 0 aliphatic carbocycles. The molecule has 0 radical (unpaired) electrons. The van der Waals surface area contributed by atoms with Crippen LogP contribution in [0.4, 0.5) is 5.69 Å². The van der Waals surface area contributed by atoms with Crippen molar-refractivity contribution in [2.75, 3.05) is 11.1 Å². The number of para-hydroxylation sites is 1. The van der Waals surface area contributed by atoms with E-state index in [1.165, 1.54) is 11.8 Å². The third kappa shape index (κ3) is 4.72. The summed E-state index contributed by atoms with van der Waals surface area (Å²) < 4.78 is 7.47. The summed E-state index contributed by atoms with van der Waals surface area (Å²) in [5.74, 6) is 2.42. The topological polar surface area (TPSA) is 81.4 Å². The van der Waals surface area contributed by atoms with Crippen LogP contribution in [0.1, 0.15) is 12.7 Å². The minimum atomic E-state index is -0.104. The van der Waals surface area contributed by atoms with Crippen molar-refractivity contribution in [3.05, 3.63) is 72.6 Å². The van der Waals surface area contributed by atoms with Gasteiger partial charge in [-0.25, -0.2) is 0 Å². The first-order valence-electron chi connectivity index (χ1n) is 9.18. The third-order valence-corrected chi connectivity index (χ3v) is 5.01. The Kier molecular flexibility index (Phi) is 5.71. The molecule has 4 rings (SSSR count). The lowest BCUT2D eigenvalue weighted by Crippen LogP contribution is -2.14. The number of fused-ring (bicyclic) bond motifs is 1. The van der Waals surface area contributed by atoms with E-state index in [2.05, 4.69) is 20.6 Å². The van der Waals surface area contributed by atoms with Gasteiger partial charge in [-0.1, -0.05) is 36.9 Å². The zero-order valence-corrected chi connectivity index (χ0v) is 16.6. The fraction of sp³-hybridized carbons (Fsp3) is 0.143. The maximum atomic E-state index is 12.3. The van der Waals surface area contributed by atoms with E-state index in [9.17, 15) is 4.79 Å². The molecule has 1 N–H and O–H groups in total. The minimum Gasteiger partial charge on any atom is -0.457 e. The van der Waals surface area contributed by atoms with E-state index in [1.54, 1.807) is 4.52 Å². The summed E-state index contributed by atoms with van der Waals surface area (Å²) >= 11 is 1.37. The van der Waals surface area contributed by atoms with E-state index >= 15 is 0 Å². The van der Waals surface area contributed by atoms with Crippen molar-refractivity contribution < 1.29 is 9.53 Å². The minimum absolute atomic E-state index is 0.104. The number of anilines is 1. The molecular weight excluding hydrogens is 386 g/mol. The molecule has 0 atom stereocenters. The maximum absolute atomic E-state index is 12.3. The summed E-state index contributed by atoms with van der Waals surface area (Å²) in [6.45, 7) is 2.00. The Labute approximate surface area is 172 Å². The molecule has 4 aromatic rings. The average molecular weight is 405 g/mol. The Hall–Kier alpha value is -3.39. The standard InChI is InChI=1S/C21H19N5O2S/c1-2-18-23-24-19-12-13-21(25-26(18)19)29-14-20(27)22-15-8-10-17(11-9-15)28-16-6-4-3-5-7-16/h3-13H,2,14H2,1H3,(H,22,27). The van der Waals surface area contributed by atoms with Gasteiger partial charge in [0.15, 0.2) is 11.5 Å². The molecule has 0 spiro atoms. The number of carbonyl (C=O) groups excluding carboxylic acids is 1. The van der Waals surface area contributed by atoms with Gasteiger partial charge in [0.25, 0.3) is 0 Å². The molecule has 29 heavy (non-hydrogen) atoms. The van der Waals surface area contributed by atoms with Crippen LogP contribution in [0.2, 0.25) is 0 Å². The summed E-state index contributed by atoms with van der Waals surface area (Å²) in [6.07, 6.45) is 0.743. The molecule has 146 valence electrons. The zero-order valence-electron chi connectivity index (χ0n) is 15.8. The number of aryl methyl sites for hydroxylation is 1. The number of benzene rings is 2. The lowest BCUT2D eigenvalue weighted by Gasteiger charge is -2.08. The van der Waals surface area contributed by atoms with Gasteiger partial charge in [-0.05, 0) is 48.5 Å². The van der Waals surface area contributed by atoms with Crippen molar-refractivity contribution in [1.29, 1.82) is 0 Å². The number of nitrogens with zero attached hydrogens (tertiary/aromatic N) is 4. The van der Waals surface area contributed by atoms with Crippen LogP contribution in [0.15, 0.2) is 71.8 Å². The van der Waals surface area contributed by atoms with Crippen molar-refractivity contribution >= 4 is 29.0 Å². The number of rotatable bonds is 7. The number of aromatic nitrogens is 4. The maximum Gasteiger partial charge on any atom is 0.234 e. The first-order chi connectivity index (χ1) is 14.2. The van der Waals surface area contributed by atoms with E-state index in [-0.39, 0.29) is 11.7 Å². The van der Waals surface area contributed by atoms with E-state index in [0.717, 1.165) is 23.0 Å². The summed E-state index contributed by atoms with van der Waals surface area (Å²) in [5, 5.41) is 16.3. The molecule has 0 aliphatic heterocycles. The Balaban J connectivity index is 1.32. The molecule has 0 aliphatic rings. The van der Waals surface area contributed by atoms with Crippen LogP contribution < -0.4 is 10.1 Å². The van der Waals surface area contributed by atoms with Crippen molar-refractivity contribution in [2.24, 2.45) is 0 Å². The van der Waals surface area contributed by atoms with Gasteiger partial charge >= 0.3 is 0 Å². The molecule has 7 nitrogen and oxygen atoms in total. The highest BCUT2D eigenvalue weighted by Gasteiger charge is 2.09. The van der Waals surface area contributed by atoms with Crippen LogP contribution >= 0.6 is 11.8 Å². The monoisotopic (exact) mass is 405 g/mol. The average Bonchev–Trinajstić information content (AvgIpc) is 3.17. The Morgan fingerprint density at radius 3 is 2.52 bits per heavy atom. The number of ether oxygens (including phenoxy) is 1. The second kappa shape index (κ2) is 8.74. The van der Waals surface area contributed by atoms with Crippen LogP contribution in [0, 0.1) is 0 Å². The van der Waals surface area contributed by atoms with Crippen LogP contribution in [0.3, 0.4) is 0 Å². The van der Waals surface area contributed by atoms with Gasteiger partial charge in [0, 0.05) is 12.1 Å². The molecule has 1 amide bonds. The first-order valence-corrected chi connectivity index (χ1v) is 10.2. The smallest absolute Gasteiger partial charge is 0.234 e. The number of amides is 1. The molecule has 0 bridgehead atoms. The quantitative estimate of drug-likeness (QED) is 0.464. The predicted octanol–water partition coefficient (Wildman–Crippen LogP) is 4.21. The molecular formula is C21H19N5O2S. The van der Waals surface area contributed by atoms with E-state index < -0.39 is 0 Å². The van der Waals surface area contributed by atoms with Crippen LogP contribution in [0.5, 0.6) is 11.5 Å². The second-order valence-corrected chi connectivity index (χ2v) is 7.18. The third-order valence-electron chi connectivity index (χ3n) is 4.09. The molecule has 0 saturated heterocycles. The van der Waals surface area contributed by atoms with Crippen molar-refractivity contribution in [3.8, 4) is 11.5 Å². The highest BCUT2D eigenvalue weighted by Crippen LogP contribution is 2.23. The molecule has 0 saturated carbocycles. The number of thioether (sulfide) groups is 1. The van der Waals surface area contributed by atoms with Gasteiger partial charge in [0.1, 0.15) is 16.5 Å². The predicted molar refractivity (Wildman–Crippen MR) is 112 cm³/mol. The van der Waals surface area contributed by atoms with Gasteiger partial charge in [-0.2, -0.15) is 9.61 Å². The number of hydrogen-bond donors (Lipinski definition) is 1. The molecule has 0 unspecified atom stereocenters. The van der Waals surface area contributed by atoms with Gasteiger partial charge in [-0.3, -0.25) is 4.79 Å². The normalized spacial score (nSPS) is 10.8. The van der Waals surface area contributed by atoms with Gasteiger partial charge < -0.3 is 10.1 Å². The fourth-order valence-corrected chi connectivity index (χ4v) is 3.34. The lowest BCUT2D eigenvalue weighted by molar-refractivity contribution is -0.113. The largest absolute Gasteiger partial charge is 0.457 e. The molecule has 0 fully saturated rings. The van der Waals surface area contributed by atoms with Gasteiger partial charge in [0.2, 0.25) is 5.91 Å². The highest BCUT2D eigenvalue weighted by atomic mass is 32.2. The van der Waals surface area contributed by atoms with E-state index in [1.807, 2.05) is 73.7 Å². The number of carbonyl (C=O) groups is 1. The van der Waals surface area contributed by atoms with Crippen molar-refractivity contribution in [1.82, 2.24) is 19.8 Å². The second-order valence-electron chi connectivity index (χ2n) is 6.19. The number of nitrogens with one attached hydrogen (secondary N) is 1. The fourth-order valence-electron chi connectivity index (χ4n) is 2.68. The Morgan fingerprint density at radius 2 is 1.76 bits per heavy atom. The van der Waals surface area contributed by atoms with Gasteiger partial charge in [0.05, 0.1) is 5.75 Å². The van der Waals surface area contributed by atoms with Crippen molar-refractivity contribution in [2.45, 2.75) is 18.4 Å². The van der Waals surface area contributed by atoms with Crippen LogP contribution in [0.25, 0.3) is 5.65 Å². The summed E-state index contributed by atoms with van der Waals surface area (Å²) in [4.78, 5) is 12.3. The highest BCUT2D eigenvalue weighted by molar-refractivity contribution is 7.99. The molecule has 8 heteroatoms. The van der Waals surface area contributed by atoms with Crippen LogP contribution in [-0.2, 0) is 11.2 Å². The SMILES string of the molecule is CCc1nnc2ccc(SCC(=O)Nc3ccc(Oc4ccccc4)cc3)nn12. The lowest BCUT2D eigenvalue weighted by atomic mass is 10.3. The molecule has 2 aromatic heterocycles. The van der Waals surface area contributed by atoms with Crippen molar-refractivity contribution in [3.63, 3.8) is 0 Å². The molecule has 2 heterocycles. The summed E-state index contributed by atoms with van der Waals surface area (Å²) in [5.41, 5.74) is 1.42. The first kappa shape index (κ1) is 18.9. The zero-order chi connectivity index (χ0) is 20.1. The Morgan fingerprint density at radius 1 is 1.00 bits per heavy atom. The molecule has 2 aromatic carbocycles. The Bertz CT molecular complexity index is 1110. The van der Waals surface area contributed by atoms with E-state index in [0.29, 0.717) is 17.1 Å². The summed E-state index contributed by atoms with van der Waals surface area (Å²) in [7, 11) is 0.